The number of carbonyl (C=O) groups excluding carboxylic acids is 1. The smallest absolute Gasteiger partial charge is 0.270 e. The summed E-state index contributed by atoms with van der Waals surface area (Å²) in [6, 6.07) is 21.1. The zero-order valence-electron chi connectivity index (χ0n) is 18.5. The molecule has 0 unspecified atom stereocenters. The molecule has 3 aromatic carbocycles. The Balaban J connectivity index is 1.59. The summed E-state index contributed by atoms with van der Waals surface area (Å²) in [6.07, 6.45) is 1.82. The van der Waals surface area contributed by atoms with Crippen molar-refractivity contribution in [2.24, 2.45) is 0 Å². The zero-order chi connectivity index (χ0) is 23.4. The lowest BCUT2D eigenvalue weighted by atomic mass is 10.1. The van der Waals surface area contributed by atoms with E-state index in [1.165, 1.54) is 22.2 Å². The van der Waals surface area contributed by atoms with E-state index < -0.39 is 0 Å². The quantitative estimate of drug-likeness (QED) is 0.307. The maximum Gasteiger partial charge on any atom is 0.270 e. The van der Waals surface area contributed by atoms with Crippen LogP contribution < -0.4 is 19.1 Å². The Bertz CT molecular complexity index is 1220. The van der Waals surface area contributed by atoms with Crippen LogP contribution in [0.15, 0.2) is 71.6 Å². The Kier molecular flexibility index (Phi) is 7.01. The number of carbonyl (C=O) groups is 1. The van der Waals surface area contributed by atoms with Gasteiger partial charge in [-0.1, -0.05) is 72.0 Å². The molecule has 0 N–H and O–H groups in total. The highest BCUT2D eigenvalue weighted by molar-refractivity contribution is 8.27. The molecule has 168 valence electrons. The number of amides is 1. The number of rotatable bonds is 7. The standard InChI is InChI=1S/C26H23NO4S2/c1-17-8-10-18(11-9-17)16-31-22-7-5-4-6-19(22)14-24-25(28)27(26(32)33-24)21-13-12-20(29-2)15-23(21)30-3/h4-15H,16H2,1-3H3/b24-14-. The molecule has 0 spiro atoms. The Morgan fingerprint density at radius 1 is 0.970 bits per heavy atom. The SMILES string of the molecule is COc1ccc(N2C(=O)/C(=C/c3ccccc3OCc3ccc(C)cc3)SC2=S)c(OC)c1. The Labute approximate surface area is 203 Å². The Morgan fingerprint density at radius 2 is 1.73 bits per heavy atom. The fourth-order valence-corrected chi connectivity index (χ4v) is 4.64. The zero-order valence-corrected chi connectivity index (χ0v) is 20.2. The monoisotopic (exact) mass is 477 g/mol. The van der Waals surface area contributed by atoms with E-state index >= 15 is 0 Å². The minimum Gasteiger partial charge on any atom is -0.497 e. The van der Waals surface area contributed by atoms with Crippen LogP contribution in [-0.2, 0) is 11.4 Å². The molecule has 1 heterocycles. The number of anilines is 1. The molecule has 1 aliphatic heterocycles. The van der Waals surface area contributed by atoms with Crippen molar-refractivity contribution < 1.29 is 19.0 Å². The van der Waals surface area contributed by atoms with Gasteiger partial charge >= 0.3 is 0 Å². The average molecular weight is 478 g/mol. The fraction of sp³-hybridized carbons (Fsp3) is 0.154. The second-order valence-electron chi connectivity index (χ2n) is 7.37. The molecule has 1 amide bonds. The predicted molar refractivity (Wildman–Crippen MR) is 137 cm³/mol. The number of hydrogen-bond donors (Lipinski definition) is 0. The second kappa shape index (κ2) is 10.1. The van der Waals surface area contributed by atoms with Crippen molar-refractivity contribution in [1.82, 2.24) is 0 Å². The highest BCUT2D eigenvalue weighted by Crippen LogP contribution is 2.41. The molecule has 33 heavy (non-hydrogen) atoms. The summed E-state index contributed by atoms with van der Waals surface area (Å²) >= 11 is 6.78. The predicted octanol–water partition coefficient (Wildman–Crippen LogP) is 6.00. The maximum atomic E-state index is 13.3. The summed E-state index contributed by atoms with van der Waals surface area (Å²) in [7, 11) is 3.13. The molecule has 0 aromatic heterocycles. The van der Waals surface area contributed by atoms with Gasteiger partial charge in [0.2, 0.25) is 0 Å². The van der Waals surface area contributed by atoms with Crippen molar-refractivity contribution in [1.29, 1.82) is 0 Å². The molecule has 0 radical (unpaired) electrons. The molecule has 4 rings (SSSR count). The van der Waals surface area contributed by atoms with Gasteiger partial charge in [0, 0.05) is 11.6 Å². The van der Waals surface area contributed by atoms with E-state index in [0.29, 0.717) is 38.8 Å². The van der Waals surface area contributed by atoms with Crippen molar-refractivity contribution in [3.05, 3.63) is 88.3 Å². The highest BCUT2D eigenvalue weighted by Gasteiger charge is 2.35. The summed E-state index contributed by atoms with van der Waals surface area (Å²) in [5, 5.41) is 0. The summed E-state index contributed by atoms with van der Waals surface area (Å²) in [5.74, 6) is 1.64. The molecule has 3 aromatic rings. The number of aryl methyl sites for hydroxylation is 1. The van der Waals surface area contributed by atoms with Crippen LogP contribution >= 0.6 is 24.0 Å². The number of methoxy groups -OCH3 is 2. The van der Waals surface area contributed by atoms with Crippen molar-refractivity contribution in [3.63, 3.8) is 0 Å². The van der Waals surface area contributed by atoms with E-state index in [1.54, 1.807) is 32.4 Å². The van der Waals surface area contributed by atoms with Crippen LogP contribution in [0, 0.1) is 6.92 Å². The van der Waals surface area contributed by atoms with Gasteiger partial charge in [-0.3, -0.25) is 9.69 Å². The van der Waals surface area contributed by atoms with E-state index in [2.05, 4.69) is 19.1 Å². The first-order chi connectivity index (χ1) is 16.0. The van der Waals surface area contributed by atoms with Crippen molar-refractivity contribution >= 4 is 46.0 Å². The lowest BCUT2D eigenvalue weighted by Crippen LogP contribution is -2.27. The Morgan fingerprint density at radius 3 is 2.45 bits per heavy atom. The van der Waals surface area contributed by atoms with Gasteiger partial charge in [-0.25, -0.2) is 0 Å². The second-order valence-corrected chi connectivity index (χ2v) is 9.04. The highest BCUT2D eigenvalue weighted by atomic mass is 32.2. The third-order valence-corrected chi connectivity index (χ3v) is 6.44. The normalized spacial score (nSPS) is 14.6. The van der Waals surface area contributed by atoms with Gasteiger partial charge in [-0.05, 0) is 36.8 Å². The minimum absolute atomic E-state index is 0.207. The van der Waals surface area contributed by atoms with E-state index in [9.17, 15) is 4.79 Å². The van der Waals surface area contributed by atoms with Gasteiger partial charge in [0.15, 0.2) is 4.32 Å². The molecule has 1 saturated heterocycles. The van der Waals surface area contributed by atoms with E-state index in [0.717, 1.165) is 11.1 Å². The number of hydrogen-bond acceptors (Lipinski definition) is 6. The van der Waals surface area contributed by atoms with Crippen LogP contribution in [-0.4, -0.2) is 24.4 Å². The molecule has 1 fully saturated rings. The first kappa shape index (κ1) is 22.9. The van der Waals surface area contributed by atoms with Crippen LogP contribution in [0.3, 0.4) is 0 Å². The number of para-hydroxylation sites is 1. The van der Waals surface area contributed by atoms with Gasteiger partial charge in [0.25, 0.3) is 5.91 Å². The van der Waals surface area contributed by atoms with Crippen LogP contribution in [0.4, 0.5) is 5.69 Å². The molecule has 5 nitrogen and oxygen atoms in total. The van der Waals surface area contributed by atoms with Gasteiger partial charge in [0.05, 0.1) is 24.8 Å². The lowest BCUT2D eigenvalue weighted by molar-refractivity contribution is -0.113. The molecule has 0 saturated carbocycles. The van der Waals surface area contributed by atoms with E-state index in [1.807, 2.05) is 42.5 Å². The third-order valence-electron chi connectivity index (χ3n) is 5.14. The average Bonchev–Trinajstić information content (AvgIpc) is 3.11. The first-order valence-corrected chi connectivity index (χ1v) is 11.5. The fourth-order valence-electron chi connectivity index (χ4n) is 3.36. The molecule has 0 atom stereocenters. The van der Waals surface area contributed by atoms with Crippen LogP contribution in [0.1, 0.15) is 16.7 Å². The topological polar surface area (TPSA) is 48.0 Å². The van der Waals surface area contributed by atoms with Gasteiger partial charge in [-0.15, -0.1) is 0 Å². The largest absolute Gasteiger partial charge is 0.497 e. The maximum absolute atomic E-state index is 13.3. The van der Waals surface area contributed by atoms with Crippen molar-refractivity contribution in [2.45, 2.75) is 13.5 Å². The third kappa shape index (κ3) is 5.05. The molecule has 0 bridgehead atoms. The molecular weight excluding hydrogens is 454 g/mol. The number of benzene rings is 3. The number of thioether (sulfide) groups is 1. The molecule has 7 heteroatoms. The summed E-state index contributed by atoms with van der Waals surface area (Å²) in [4.78, 5) is 15.3. The van der Waals surface area contributed by atoms with Crippen LogP contribution in [0.25, 0.3) is 6.08 Å². The molecule has 0 aliphatic carbocycles. The van der Waals surface area contributed by atoms with Crippen molar-refractivity contribution in [3.8, 4) is 17.2 Å². The van der Waals surface area contributed by atoms with Gasteiger partial charge in [-0.2, -0.15) is 0 Å². The number of ether oxygens (including phenoxy) is 3. The van der Waals surface area contributed by atoms with Crippen LogP contribution in [0.2, 0.25) is 0 Å². The first-order valence-electron chi connectivity index (χ1n) is 10.3. The molecule has 1 aliphatic rings. The van der Waals surface area contributed by atoms with E-state index in [-0.39, 0.29) is 5.91 Å². The Hall–Kier alpha value is -3.29. The number of thiocarbonyl (C=S) groups is 1. The summed E-state index contributed by atoms with van der Waals surface area (Å²) in [5.41, 5.74) is 3.67. The summed E-state index contributed by atoms with van der Waals surface area (Å²) in [6.45, 7) is 2.49. The number of nitrogens with zero attached hydrogens (tertiary/aromatic N) is 1. The van der Waals surface area contributed by atoms with E-state index in [4.69, 9.17) is 26.4 Å². The van der Waals surface area contributed by atoms with Gasteiger partial charge < -0.3 is 14.2 Å². The van der Waals surface area contributed by atoms with Gasteiger partial charge in [0.1, 0.15) is 23.9 Å². The lowest BCUT2D eigenvalue weighted by Gasteiger charge is -2.18. The van der Waals surface area contributed by atoms with Crippen LogP contribution in [0.5, 0.6) is 17.2 Å². The van der Waals surface area contributed by atoms with Crippen molar-refractivity contribution in [2.75, 3.05) is 19.1 Å². The summed E-state index contributed by atoms with van der Waals surface area (Å²) < 4.78 is 17.2. The minimum atomic E-state index is -0.207. The molecular formula is C26H23NO4S2.